The predicted octanol–water partition coefficient (Wildman–Crippen LogP) is -0.0865. The average molecular weight is 291 g/mol. The minimum absolute atomic E-state index is 0.00966. The standard InChI is InChI=1S/C15H21N3O3/c1-11-9-18(7-6-17-11)15(20)10-21-13-4-2-12(3-5-13)8-14(16)19/h2-5,11,17H,6-10H2,1H3,(H2,16,19). The van der Waals surface area contributed by atoms with Crippen molar-refractivity contribution in [1.29, 1.82) is 0 Å². The zero-order chi connectivity index (χ0) is 15.2. The van der Waals surface area contributed by atoms with Crippen molar-refractivity contribution in [3.05, 3.63) is 29.8 Å². The summed E-state index contributed by atoms with van der Waals surface area (Å²) in [4.78, 5) is 24.7. The lowest BCUT2D eigenvalue weighted by atomic mass is 10.1. The number of carbonyl (C=O) groups excluding carboxylic acids is 2. The first kappa shape index (κ1) is 15.3. The fraction of sp³-hybridized carbons (Fsp3) is 0.467. The lowest BCUT2D eigenvalue weighted by molar-refractivity contribution is -0.134. The Morgan fingerprint density at radius 2 is 2.10 bits per heavy atom. The van der Waals surface area contributed by atoms with Crippen LogP contribution in [0.5, 0.6) is 5.75 Å². The van der Waals surface area contributed by atoms with Crippen molar-refractivity contribution in [1.82, 2.24) is 10.2 Å². The van der Waals surface area contributed by atoms with Crippen LogP contribution in [0.3, 0.4) is 0 Å². The molecule has 1 atom stereocenters. The van der Waals surface area contributed by atoms with Gasteiger partial charge in [0.15, 0.2) is 6.61 Å². The van der Waals surface area contributed by atoms with Crippen LogP contribution in [0.2, 0.25) is 0 Å². The molecule has 6 nitrogen and oxygen atoms in total. The Bertz CT molecular complexity index is 501. The van der Waals surface area contributed by atoms with Gasteiger partial charge < -0.3 is 20.7 Å². The SMILES string of the molecule is CC1CN(C(=O)COc2ccc(CC(N)=O)cc2)CCN1. The maximum atomic E-state index is 12.0. The van der Waals surface area contributed by atoms with Gasteiger partial charge in [-0.05, 0) is 24.6 Å². The molecule has 6 heteroatoms. The highest BCUT2D eigenvalue weighted by Gasteiger charge is 2.20. The smallest absolute Gasteiger partial charge is 0.260 e. The second kappa shape index (κ2) is 7.08. The third-order valence-corrected chi connectivity index (χ3v) is 3.39. The predicted molar refractivity (Wildman–Crippen MR) is 78.9 cm³/mol. The minimum Gasteiger partial charge on any atom is -0.484 e. The van der Waals surface area contributed by atoms with Crippen molar-refractivity contribution in [2.24, 2.45) is 5.73 Å². The lowest BCUT2D eigenvalue weighted by Gasteiger charge is -2.31. The van der Waals surface area contributed by atoms with Crippen LogP contribution >= 0.6 is 0 Å². The summed E-state index contributed by atoms with van der Waals surface area (Å²) in [6, 6.07) is 7.35. The van der Waals surface area contributed by atoms with Gasteiger partial charge in [-0.15, -0.1) is 0 Å². The van der Waals surface area contributed by atoms with Crippen molar-refractivity contribution in [3.63, 3.8) is 0 Å². The van der Waals surface area contributed by atoms with Crippen molar-refractivity contribution in [3.8, 4) is 5.75 Å². The number of hydrogen-bond donors (Lipinski definition) is 2. The van der Waals surface area contributed by atoms with Crippen LogP contribution in [0, 0.1) is 0 Å². The summed E-state index contributed by atoms with van der Waals surface area (Å²) in [5, 5.41) is 3.29. The molecule has 0 spiro atoms. The van der Waals surface area contributed by atoms with Gasteiger partial charge in [-0.2, -0.15) is 0 Å². The fourth-order valence-corrected chi connectivity index (χ4v) is 2.30. The molecule has 1 saturated heterocycles. The maximum Gasteiger partial charge on any atom is 0.260 e. The molecule has 1 fully saturated rings. The molecule has 1 aliphatic rings. The Morgan fingerprint density at radius 1 is 1.38 bits per heavy atom. The lowest BCUT2D eigenvalue weighted by Crippen LogP contribution is -2.52. The molecule has 1 aromatic rings. The molecule has 21 heavy (non-hydrogen) atoms. The van der Waals surface area contributed by atoms with Crippen LogP contribution in [0.25, 0.3) is 0 Å². The van der Waals surface area contributed by atoms with E-state index < -0.39 is 0 Å². The Balaban J connectivity index is 1.82. The third kappa shape index (κ3) is 4.75. The van der Waals surface area contributed by atoms with Crippen LogP contribution in [-0.4, -0.2) is 49.0 Å². The molecule has 0 bridgehead atoms. The highest BCUT2D eigenvalue weighted by atomic mass is 16.5. The fourth-order valence-electron chi connectivity index (χ4n) is 2.30. The quantitative estimate of drug-likeness (QED) is 0.794. The number of nitrogens with zero attached hydrogens (tertiary/aromatic N) is 1. The van der Waals surface area contributed by atoms with Crippen LogP contribution in [0.15, 0.2) is 24.3 Å². The second-order valence-corrected chi connectivity index (χ2v) is 5.27. The van der Waals surface area contributed by atoms with Crippen LogP contribution < -0.4 is 15.8 Å². The van der Waals surface area contributed by atoms with Crippen molar-refractivity contribution in [2.45, 2.75) is 19.4 Å². The second-order valence-electron chi connectivity index (χ2n) is 5.27. The van der Waals surface area contributed by atoms with Gasteiger partial charge in [0.2, 0.25) is 5.91 Å². The summed E-state index contributed by atoms with van der Waals surface area (Å²) in [6.07, 6.45) is 0.206. The Morgan fingerprint density at radius 3 is 2.71 bits per heavy atom. The van der Waals surface area contributed by atoms with Gasteiger partial charge in [-0.1, -0.05) is 12.1 Å². The number of rotatable bonds is 5. The molecule has 1 unspecified atom stereocenters. The van der Waals surface area contributed by atoms with Crippen LogP contribution in [-0.2, 0) is 16.0 Å². The molecule has 3 N–H and O–H groups in total. The minimum atomic E-state index is -0.369. The van der Waals surface area contributed by atoms with Crippen molar-refractivity contribution in [2.75, 3.05) is 26.2 Å². The van der Waals surface area contributed by atoms with Crippen molar-refractivity contribution >= 4 is 11.8 Å². The van der Waals surface area contributed by atoms with E-state index >= 15 is 0 Å². The first-order valence-corrected chi connectivity index (χ1v) is 7.06. The van der Waals surface area contributed by atoms with E-state index in [-0.39, 0.29) is 24.8 Å². The van der Waals surface area contributed by atoms with E-state index in [0.29, 0.717) is 24.9 Å². The molecule has 2 amide bonds. The highest BCUT2D eigenvalue weighted by Crippen LogP contribution is 2.13. The number of nitrogens with one attached hydrogen (secondary N) is 1. The van der Waals surface area contributed by atoms with E-state index in [9.17, 15) is 9.59 Å². The van der Waals surface area contributed by atoms with Gasteiger partial charge >= 0.3 is 0 Å². The van der Waals surface area contributed by atoms with E-state index in [1.54, 1.807) is 24.3 Å². The number of primary amides is 1. The summed E-state index contributed by atoms with van der Waals surface area (Å²) in [7, 11) is 0. The van der Waals surface area contributed by atoms with Gasteiger partial charge in [-0.25, -0.2) is 0 Å². The summed E-state index contributed by atoms with van der Waals surface area (Å²) < 4.78 is 5.49. The molecule has 114 valence electrons. The normalized spacial score (nSPS) is 18.3. The molecule has 1 aliphatic heterocycles. The number of benzene rings is 1. The monoisotopic (exact) mass is 291 g/mol. The van der Waals surface area contributed by atoms with E-state index in [4.69, 9.17) is 10.5 Å². The van der Waals surface area contributed by atoms with E-state index in [1.807, 2.05) is 4.90 Å². The highest BCUT2D eigenvalue weighted by molar-refractivity contribution is 5.78. The van der Waals surface area contributed by atoms with Gasteiger partial charge in [0.05, 0.1) is 6.42 Å². The zero-order valence-corrected chi connectivity index (χ0v) is 12.2. The first-order chi connectivity index (χ1) is 10.0. The molecule has 0 aromatic heterocycles. The Labute approximate surface area is 124 Å². The van der Waals surface area contributed by atoms with E-state index in [1.165, 1.54) is 0 Å². The molecule has 0 radical (unpaired) electrons. The number of ether oxygens (including phenoxy) is 1. The first-order valence-electron chi connectivity index (χ1n) is 7.06. The molecule has 0 saturated carbocycles. The average Bonchev–Trinajstić information content (AvgIpc) is 2.45. The summed E-state index contributed by atoms with van der Waals surface area (Å²) in [6.45, 7) is 4.32. The Hall–Kier alpha value is -2.08. The van der Waals surface area contributed by atoms with E-state index in [2.05, 4.69) is 12.2 Å². The summed E-state index contributed by atoms with van der Waals surface area (Å²) in [5.74, 6) is 0.232. The molecular weight excluding hydrogens is 270 g/mol. The van der Waals surface area contributed by atoms with E-state index in [0.717, 1.165) is 12.1 Å². The Kier molecular flexibility index (Phi) is 5.16. The topological polar surface area (TPSA) is 84.7 Å². The molecule has 1 aromatic carbocycles. The summed E-state index contributed by atoms with van der Waals surface area (Å²) in [5.41, 5.74) is 5.96. The molecule has 0 aliphatic carbocycles. The molecule has 2 rings (SSSR count). The number of nitrogens with two attached hydrogens (primary N) is 1. The van der Waals surface area contributed by atoms with Crippen LogP contribution in [0.1, 0.15) is 12.5 Å². The molecule has 1 heterocycles. The van der Waals surface area contributed by atoms with Gasteiger partial charge in [0.1, 0.15) is 5.75 Å². The zero-order valence-electron chi connectivity index (χ0n) is 12.2. The summed E-state index contributed by atoms with van der Waals surface area (Å²) >= 11 is 0. The number of amides is 2. The third-order valence-electron chi connectivity index (χ3n) is 3.39. The van der Waals surface area contributed by atoms with Gasteiger partial charge in [-0.3, -0.25) is 9.59 Å². The van der Waals surface area contributed by atoms with Crippen LogP contribution in [0.4, 0.5) is 0 Å². The maximum absolute atomic E-state index is 12.0. The number of hydrogen-bond acceptors (Lipinski definition) is 4. The van der Waals surface area contributed by atoms with Gasteiger partial charge in [0, 0.05) is 25.7 Å². The van der Waals surface area contributed by atoms with Gasteiger partial charge in [0.25, 0.3) is 5.91 Å². The number of piperazine rings is 1. The van der Waals surface area contributed by atoms with Crippen molar-refractivity contribution < 1.29 is 14.3 Å². The largest absolute Gasteiger partial charge is 0.484 e. The molecular formula is C15H21N3O3. The number of carbonyl (C=O) groups is 2.